The van der Waals surface area contributed by atoms with Crippen LogP contribution in [0, 0.1) is 0 Å². The third-order valence-electron chi connectivity index (χ3n) is 3.48. The quantitative estimate of drug-likeness (QED) is 0.772. The van der Waals surface area contributed by atoms with Crippen LogP contribution in [0.1, 0.15) is 20.8 Å². The maximum Gasteiger partial charge on any atom is 0.252 e. The first kappa shape index (κ1) is 12.8. The maximum atomic E-state index is 11.6. The molecule has 4 N–H and O–H groups in total. The van der Waals surface area contributed by atoms with Crippen LogP contribution < -0.4 is 20.9 Å². The van der Waals surface area contributed by atoms with Gasteiger partial charge >= 0.3 is 0 Å². The topological polar surface area (TPSA) is 87.6 Å². The largest absolute Gasteiger partial charge is 0.493 e. The summed E-state index contributed by atoms with van der Waals surface area (Å²) < 4.78 is 10.6. The Labute approximate surface area is 120 Å². The van der Waals surface area contributed by atoms with E-state index in [1.54, 1.807) is 14.2 Å². The van der Waals surface area contributed by atoms with Crippen molar-refractivity contribution < 1.29 is 14.3 Å². The number of hydrogen-bond donors (Lipinski definition) is 2. The predicted octanol–water partition coefficient (Wildman–Crippen LogP) is 2.02. The van der Waals surface area contributed by atoms with E-state index in [9.17, 15) is 4.79 Å². The van der Waals surface area contributed by atoms with Gasteiger partial charge in [0, 0.05) is 16.9 Å². The van der Waals surface area contributed by atoms with Crippen LogP contribution in [-0.4, -0.2) is 20.1 Å². The van der Waals surface area contributed by atoms with E-state index in [2.05, 4.69) is 0 Å². The van der Waals surface area contributed by atoms with E-state index in [4.69, 9.17) is 20.9 Å². The number of hydrogen-bond acceptors (Lipinski definition) is 5. The summed E-state index contributed by atoms with van der Waals surface area (Å²) in [5.41, 5.74) is 14.6. The van der Waals surface area contributed by atoms with Gasteiger partial charge in [-0.3, -0.25) is 4.79 Å². The second kappa shape index (κ2) is 4.42. The van der Waals surface area contributed by atoms with Crippen molar-refractivity contribution >= 4 is 22.2 Å². The van der Waals surface area contributed by atoms with E-state index in [1.165, 1.54) is 11.3 Å². The molecule has 5 nitrogen and oxygen atoms in total. The molecular weight excluding hydrogens is 276 g/mol. The summed E-state index contributed by atoms with van der Waals surface area (Å²) in [5.74, 6) is 0.803. The van der Waals surface area contributed by atoms with Crippen LogP contribution in [0.4, 0.5) is 5.00 Å². The van der Waals surface area contributed by atoms with Gasteiger partial charge in [-0.25, -0.2) is 0 Å². The zero-order valence-electron chi connectivity index (χ0n) is 11.1. The monoisotopic (exact) mass is 290 g/mol. The number of nitrogens with two attached hydrogens (primary N) is 2. The molecule has 1 aliphatic rings. The van der Waals surface area contributed by atoms with E-state index in [0.29, 0.717) is 22.1 Å². The van der Waals surface area contributed by atoms with Gasteiger partial charge in [0.1, 0.15) is 0 Å². The van der Waals surface area contributed by atoms with Gasteiger partial charge in [-0.15, -0.1) is 11.3 Å². The van der Waals surface area contributed by atoms with Crippen LogP contribution in [0.25, 0.3) is 11.1 Å². The Bertz CT molecular complexity index is 722. The standard InChI is InChI=1S/C14H14N2O3S/c1-18-8-3-6-4-10-11(7(6)5-9(8)19-2)12(13(15)17)14(16)20-10/h3,5H,4,16H2,1-2H3,(H2,15,17). The van der Waals surface area contributed by atoms with Crippen LogP contribution in [0.3, 0.4) is 0 Å². The zero-order valence-corrected chi connectivity index (χ0v) is 12.0. The van der Waals surface area contributed by atoms with Crippen molar-refractivity contribution in [3.63, 3.8) is 0 Å². The average Bonchev–Trinajstić information content (AvgIpc) is 2.90. The number of primary amides is 1. The van der Waals surface area contributed by atoms with Crippen molar-refractivity contribution in [3.8, 4) is 22.6 Å². The third-order valence-corrected chi connectivity index (χ3v) is 4.50. The highest BCUT2D eigenvalue weighted by molar-refractivity contribution is 7.17. The van der Waals surface area contributed by atoms with Crippen molar-refractivity contribution in [2.24, 2.45) is 5.73 Å². The molecule has 1 amide bonds. The van der Waals surface area contributed by atoms with Crippen LogP contribution >= 0.6 is 11.3 Å². The molecule has 0 saturated carbocycles. The molecule has 0 fully saturated rings. The number of rotatable bonds is 3. The lowest BCUT2D eigenvalue weighted by atomic mass is 10.0. The number of carbonyl (C=O) groups is 1. The van der Waals surface area contributed by atoms with Gasteiger partial charge < -0.3 is 20.9 Å². The molecule has 0 unspecified atom stereocenters. The van der Waals surface area contributed by atoms with Gasteiger partial charge in [0.15, 0.2) is 11.5 Å². The van der Waals surface area contributed by atoms with Crippen molar-refractivity contribution in [1.82, 2.24) is 0 Å². The minimum atomic E-state index is -0.498. The van der Waals surface area contributed by atoms with Gasteiger partial charge in [0.25, 0.3) is 5.91 Å². The molecule has 0 radical (unpaired) electrons. The molecule has 0 aliphatic heterocycles. The maximum absolute atomic E-state index is 11.6. The van der Waals surface area contributed by atoms with E-state index < -0.39 is 5.91 Å². The molecule has 2 aromatic rings. The zero-order chi connectivity index (χ0) is 14.4. The van der Waals surface area contributed by atoms with E-state index in [-0.39, 0.29) is 0 Å². The number of methoxy groups -OCH3 is 2. The summed E-state index contributed by atoms with van der Waals surface area (Å²) in [6, 6.07) is 3.81. The smallest absolute Gasteiger partial charge is 0.252 e. The number of amides is 1. The molecule has 1 aliphatic carbocycles. The Morgan fingerprint density at radius 1 is 1.25 bits per heavy atom. The average molecular weight is 290 g/mol. The third kappa shape index (κ3) is 1.65. The fourth-order valence-corrected chi connectivity index (χ4v) is 3.74. The summed E-state index contributed by atoms with van der Waals surface area (Å²) >= 11 is 1.41. The van der Waals surface area contributed by atoms with Gasteiger partial charge in [0.2, 0.25) is 0 Å². The molecule has 1 heterocycles. The number of benzene rings is 1. The fourth-order valence-electron chi connectivity index (χ4n) is 2.62. The Balaban J connectivity index is 2.26. The molecule has 20 heavy (non-hydrogen) atoms. The molecular formula is C14H14N2O3S. The SMILES string of the molecule is COc1cc2c(cc1OC)-c1c(sc(N)c1C(N)=O)C2. The van der Waals surface area contributed by atoms with Crippen molar-refractivity contribution in [2.45, 2.75) is 6.42 Å². The summed E-state index contributed by atoms with van der Waals surface area (Å²) in [6.45, 7) is 0. The molecule has 0 saturated heterocycles. The van der Waals surface area contributed by atoms with E-state index in [0.717, 1.165) is 28.0 Å². The lowest BCUT2D eigenvalue weighted by Gasteiger charge is -2.11. The molecule has 0 bridgehead atoms. The van der Waals surface area contributed by atoms with Crippen LogP contribution in [-0.2, 0) is 6.42 Å². The lowest BCUT2D eigenvalue weighted by molar-refractivity contribution is 0.100. The van der Waals surface area contributed by atoms with E-state index >= 15 is 0 Å². The predicted molar refractivity (Wildman–Crippen MR) is 78.6 cm³/mol. The first-order chi connectivity index (χ1) is 9.56. The molecule has 1 aromatic carbocycles. The van der Waals surface area contributed by atoms with Crippen molar-refractivity contribution in [2.75, 3.05) is 20.0 Å². The van der Waals surface area contributed by atoms with Gasteiger partial charge in [-0.05, 0) is 23.3 Å². The Hall–Kier alpha value is -2.21. The summed E-state index contributed by atoms with van der Waals surface area (Å²) in [4.78, 5) is 12.7. The first-order valence-electron chi connectivity index (χ1n) is 6.03. The van der Waals surface area contributed by atoms with Gasteiger partial charge in [0.05, 0.1) is 24.8 Å². The Kier molecular flexibility index (Phi) is 2.83. The minimum Gasteiger partial charge on any atom is -0.493 e. The van der Waals surface area contributed by atoms with Crippen molar-refractivity contribution in [3.05, 3.63) is 28.1 Å². The second-order valence-corrected chi connectivity index (χ2v) is 5.68. The van der Waals surface area contributed by atoms with Crippen molar-refractivity contribution in [1.29, 1.82) is 0 Å². The molecule has 1 aromatic heterocycles. The minimum absolute atomic E-state index is 0.413. The highest BCUT2D eigenvalue weighted by Gasteiger charge is 2.30. The number of nitrogen functional groups attached to an aromatic ring is 1. The van der Waals surface area contributed by atoms with Crippen LogP contribution in [0.5, 0.6) is 11.5 Å². The highest BCUT2D eigenvalue weighted by atomic mass is 32.1. The molecule has 0 spiro atoms. The summed E-state index contributed by atoms with van der Waals surface area (Å²) in [7, 11) is 3.18. The Morgan fingerprint density at radius 2 is 1.90 bits per heavy atom. The van der Waals surface area contributed by atoms with Gasteiger partial charge in [-0.2, -0.15) is 0 Å². The number of anilines is 1. The normalized spacial score (nSPS) is 11.9. The number of fused-ring (bicyclic) bond motifs is 3. The number of thiophene rings is 1. The second-order valence-electron chi connectivity index (χ2n) is 4.54. The summed E-state index contributed by atoms with van der Waals surface area (Å²) in [6.07, 6.45) is 0.729. The molecule has 3 rings (SSSR count). The summed E-state index contributed by atoms with van der Waals surface area (Å²) in [5, 5.41) is 0.475. The molecule has 104 valence electrons. The molecule has 6 heteroatoms. The molecule has 0 atom stereocenters. The van der Waals surface area contributed by atoms with E-state index in [1.807, 2.05) is 12.1 Å². The van der Waals surface area contributed by atoms with Crippen LogP contribution in [0.15, 0.2) is 12.1 Å². The Morgan fingerprint density at radius 3 is 2.50 bits per heavy atom. The highest BCUT2D eigenvalue weighted by Crippen LogP contribution is 2.49. The number of carbonyl (C=O) groups excluding carboxylic acids is 1. The number of ether oxygens (including phenoxy) is 2. The van der Waals surface area contributed by atoms with Crippen LogP contribution in [0.2, 0.25) is 0 Å². The van der Waals surface area contributed by atoms with Gasteiger partial charge in [-0.1, -0.05) is 0 Å². The fraction of sp³-hybridized carbons (Fsp3) is 0.214. The first-order valence-corrected chi connectivity index (χ1v) is 6.84. The lowest BCUT2D eigenvalue weighted by Crippen LogP contribution is -2.12.